The van der Waals surface area contributed by atoms with E-state index in [1.165, 1.54) is 24.1 Å². The maximum Gasteiger partial charge on any atom is 0.0426 e. The van der Waals surface area contributed by atoms with Gasteiger partial charge in [-0.05, 0) is 37.5 Å². The van der Waals surface area contributed by atoms with Crippen molar-refractivity contribution in [2.24, 2.45) is 0 Å². The van der Waals surface area contributed by atoms with Gasteiger partial charge in [-0.3, -0.25) is 0 Å². The van der Waals surface area contributed by atoms with E-state index in [4.69, 9.17) is 11.6 Å². The van der Waals surface area contributed by atoms with Gasteiger partial charge in [0.1, 0.15) is 0 Å². The number of benzene rings is 1. The van der Waals surface area contributed by atoms with Gasteiger partial charge in [0.2, 0.25) is 0 Å². The first-order valence-electron chi connectivity index (χ1n) is 6.83. The van der Waals surface area contributed by atoms with Gasteiger partial charge in [-0.1, -0.05) is 31.5 Å². The highest BCUT2D eigenvalue weighted by molar-refractivity contribution is 6.30. The lowest BCUT2D eigenvalue weighted by molar-refractivity contribution is 0.387. The standard InChI is InChI=1S/C15H23ClN2/c1-11(2)17-14-6-8-18(9-7-14)15-10-13(16)5-4-12(15)3/h4-5,10-11,14,17H,6-9H2,1-3H3. The van der Waals surface area contributed by atoms with E-state index in [1.54, 1.807) is 0 Å². The molecule has 1 aliphatic rings. The molecule has 1 N–H and O–H groups in total. The minimum absolute atomic E-state index is 0.578. The molecule has 1 saturated heterocycles. The summed E-state index contributed by atoms with van der Waals surface area (Å²) in [6.07, 6.45) is 2.42. The lowest BCUT2D eigenvalue weighted by Gasteiger charge is -2.35. The molecule has 18 heavy (non-hydrogen) atoms. The predicted octanol–water partition coefficient (Wildman–Crippen LogP) is 3.62. The number of rotatable bonds is 3. The van der Waals surface area contributed by atoms with Crippen molar-refractivity contribution in [3.63, 3.8) is 0 Å². The lowest BCUT2D eigenvalue weighted by Crippen LogP contribution is -2.44. The number of nitrogens with zero attached hydrogens (tertiary/aromatic N) is 1. The Hall–Kier alpha value is -0.730. The van der Waals surface area contributed by atoms with Crippen molar-refractivity contribution in [1.82, 2.24) is 5.32 Å². The molecule has 3 heteroatoms. The maximum absolute atomic E-state index is 6.09. The summed E-state index contributed by atoms with van der Waals surface area (Å²) in [5, 5.41) is 4.46. The van der Waals surface area contributed by atoms with Crippen molar-refractivity contribution in [3.8, 4) is 0 Å². The molecule has 1 aromatic rings. The number of hydrogen-bond donors (Lipinski definition) is 1. The molecule has 0 unspecified atom stereocenters. The predicted molar refractivity (Wildman–Crippen MR) is 79.7 cm³/mol. The van der Waals surface area contributed by atoms with E-state index in [0.717, 1.165) is 18.1 Å². The molecule has 0 bridgehead atoms. The molecule has 0 aromatic heterocycles. The highest BCUT2D eigenvalue weighted by Gasteiger charge is 2.20. The van der Waals surface area contributed by atoms with E-state index in [1.807, 2.05) is 6.07 Å². The summed E-state index contributed by atoms with van der Waals surface area (Å²) in [5.41, 5.74) is 2.61. The second-order valence-electron chi connectivity index (χ2n) is 5.51. The van der Waals surface area contributed by atoms with Crippen molar-refractivity contribution in [3.05, 3.63) is 28.8 Å². The fourth-order valence-corrected chi connectivity index (χ4v) is 2.85. The van der Waals surface area contributed by atoms with Crippen molar-refractivity contribution >= 4 is 17.3 Å². The molecule has 0 atom stereocenters. The molecule has 2 nitrogen and oxygen atoms in total. The normalized spacial score (nSPS) is 17.5. The summed E-state index contributed by atoms with van der Waals surface area (Å²) in [6.45, 7) is 8.82. The van der Waals surface area contributed by atoms with Crippen LogP contribution in [0.2, 0.25) is 5.02 Å². The Morgan fingerprint density at radius 1 is 1.28 bits per heavy atom. The third-order valence-corrected chi connectivity index (χ3v) is 3.81. The molecule has 0 spiro atoms. The second kappa shape index (κ2) is 5.94. The SMILES string of the molecule is Cc1ccc(Cl)cc1N1CCC(NC(C)C)CC1. The number of nitrogens with one attached hydrogen (secondary N) is 1. The van der Waals surface area contributed by atoms with E-state index in [0.29, 0.717) is 12.1 Å². The van der Waals surface area contributed by atoms with Crippen LogP contribution in [0.5, 0.6) is 0 Å². The van der Waals surface area contributed by atoms with Gasteiger partial charge in [0.25, 0.3) is 0 Å². The zero-order valence-corrected chi connectivity index (χ0v) is 12.3. The maximum atomic E-state index is 6.09. The van der Waals surface area contributed by atoms with Crippen LogP contribution in [0.3, 0.4) is 0 Å². The van der Waals surface area contributed by atoms with Crippen molar-refractivity contribution in [2.45, 2.75) is 45.7 Å². The van der Waals surface area contributed by atoms with Crippen LogP contribution in [0, 0.1) is 6.92 Å². The fourth-order valence-electron chi connectivity index (χ4n) is 2.68. The van der Waals surface area contributed by atoms with Crippen LogP contribution in [0.25, 0.3) is 0 Å². The van der Waals surface area contributed by atoms with E-state index < -0.39 is 0 Å². The Morgan fingerprint density at radius 3 is 2.56 bits per heavy atom. The first-order chi connectivity index (χ1) is 8.56. The summed E-state index contributed by atoms with van der Waals surface area (Å²) in [6, 6.07) is 7.41. The fraction of sp³-hybridized carbons (Fsp3) is 0.600. The third-order valence-electron chi connectivity index (χ3n) is 3.58. The summed E-state index contributed by atoms with van der Waals surface area (Å²) in [4.78, 5) is 2.46. The highest BCUT2D eigenvalue weighted by Crippen LogP contribution is 2.27. The highest BCUT2D eigenvalue weighted by atomic mass is 35.5. The molecule has 0 amide bonds. The van der Waals surface area contributed by atoms with Crippen LogP contribution in [0.15, 0.2) is 18.2 Å². The van der Waals surface area contributed by atoms with Gasteiger partial charge in [0.15, 0.2) is 0 Å². The summed E-state index contributed by atoms with van der Waals surface area (Å²) >= 11 is 6.09. The molecule has 0 saturated carbocycles. The van der Waals surface area contributed by atoms with Crippen molar-refractivity contribution < 1.29 is 0 Å². The first-order valence-corrected chi connectivity index (χ1v) is 7.21. The molecule has 2 rings (SSSR count). The van der Waals surface area contributed by atoms with E-state index >= 15 is 0 Å². The monoisotopic (exact) mass is 266 g/mol. The molecular formula is C15H23ClN2. The van der Waals surface area contributed by atoms with Crippen LogP contribution in [0.4, 0.5) is 5.69 Å². The quantitative estimate of drug-likeness (QED) is 0.899. The van der Waals surface area contributed by atoms with Gasteiger partial charge in [-0.2, -0.15) is 0 Å². The third kappa shape index (κ3) is 3.39. The van der Waals surface area contributed by atoms with Crippen LogP contribution >= 0.6 is 11.6 Å². The van der Waals surface area contributed by atoms with Gasteiger partial charge in [0.05, 0.1) is 0 Å². The molecule has 0 aliphatic carbocycles. The molecule has 1 aliphatic heterocycles. The first kappa shape index (κ1) is 13.7. The number of piperidine rings is 1. The van der Waals surface area contributed by atoms with Crippen LogP contribution in [0.1, 0.15) is 32.3 Å². The van der Waals surface area contributed by atoms with Gasteiger partial charge in [0, 0.05) is 35.9 Å². The lowest BCUT2D eigenvalue weighted by atomic mass is 10.0. The Labute approximate surface area is 115 Å². The van der Waals surface area contributed by atoms with E-state index in [-0.39, 0.29) is 0 Å². The van der Waals surface area contributed by atoms with Crippen LogP contribution in [-0.4, -0.2) is 25.2 Å². The molecule has 1 heterocycles. The second-order valence-corrected chi connectivity index (χ2v) is 5.95. The average Bonchev–Trinajstić information content (AvgIpc) is 2.33. The summed E-state index contributed by atoms with van der Waals surface area (Å²) in [7, 11) is 0. The van der Waals surface area contributed by atoms with Crippen LogP contribution < -0.4 is 10.2 Å². The Kier molecular flexibility index (Phi) is 4.52. The minimum atomic E-state index is 0.578. The number of halogens is 1. The summed E-state index contributed by atoms with van der Waals surface area (Å²) in [5.74, 6) is 0. The topological polar surface area (TPSA) is 15.3 Å². The largest absolute Gasteiger partial charge is 0.371 e. The zero-order valence-electron chi connectivity index (χ0n) is 11.5. The van der Waals surface area contributed by atoms with Crippen LogP contribution in [-0.2, 0) is 0 Å². The number of hydrogen-bond acceptors (Lipinski definition) is 2. The van der Waals surface area contributed by atoms with Crippen molar-refractivity contribution in [1.29, 1.82) is 0 Å². The molecule has 1 aromatic carbocycles. The zero-order chi connectivity index (χ0) is 13.1. The Bertz CT molecular complexity index is 395. The molecular weight excluding hydrogens is 244 g/mol. The Balaban J connectivity index is 1.99. The van der Waals surface area contributed by atoms with Gasteiger partial charge >= 0.3 is 0 Å². The average molecular weight is 267 g/mol. The smallest absolute Gasteiger partial charge is 0.0426 e. The number of aryl methyl sites for hydroxylation is 1. The molecule has 100 valence electrons. The minimum Gasteiger partial charge on any atom is -0.371 e. The number of anilines is 1. The van der Waals surface area contributed by atoms with Gasteiger partial charge in [-0.15, -0.1) is 0 Å². The van der Waals surface area contributed by atoms with Gasteiger partial charge < -0.3 is 10.2 Å². The van der Waals surface area contributed by atoms with Crippen molar-refractivity contribution in [2.75, 3.05) is 18.0 Å². The van der Waals surface area contributed by atoms with E-state index in [2.05, 4.69) is 43.1 Å². The van der Waals surface area contributed by atoms with Gasteiger partial charge in [-0.25, -0.2) is 0 Å². The Morgan fingerprint density at radius 2 is 1.94 bits per heavy atom. The summed E-state index contributed by atoms with van der Waals surface area (Å²) < 4.78 is 0. The molecule has 0 radical (unpaired) electrons. The van der Waals surface area contributed by atoms with E-state index in [9.17, 15) is 0 Å². The molecule has 1 fully saturated rings.